The van der Waals surface area contributed by atoms with Crippen molar-refractivity contribution in [1.29, 1.82) is 0 Å². The molecular formula is C22H20N4O. The zero-order valence-electron chi connectivity index (χ0n) is 15.0. The van der Waals surface area contributed by atoms with Crippen LogP contribution in [0.1, 0.15) is 40.3 Å². The summed E-state index contributed by atoms with van der Waals surface area (Å²) < 4.78 is 1.89. The number of aromatic nitrogens is 3. The molecule has 0 aliphatic carbocycles. The first-order chi connectivity index (χ1) is 13.2. The minimum atomic E-state index is -0.264. The van der Waals surface area contributed by atoms with Gasteiger partial charge in [0, 0.05) is 11.8 Å². The van der Waals surface area contributed by atoms with E-state index in [4.69, 9.17) is 0 Å². The maximum absolute atomic E-state index is 12.9. The Labute approximate surface area is 157 Å². The molecule has 0 aliphatic heterocycles. The van der Waals surface area contributed by atoms with Crippen LogP contribution >= 0.6 is 0 Å². The average Bonchev–Trinajstić information content (AvgIpc) is 3.13. The number of pyridine rings is 1. The second-order valence-corrected chi connectivity index (χ2v) is 6.50. The summed E-state index contributed by atoms with van der Waals surface area (Å²) in [4.78, 5) is 12.9. The number of hydrogen-bond donors (Lipinski definition) is 1. The van der Waals surface area contributed by atoms with Crippen molar-refractivity contribution in [3.05, 3.63) is 102 Å². The van der Waals surface area contributed by atoms with E-state index >= 15 is 0 Å². The van der Waals surface area contributed by atoms with E-state index in [9.17, 15) is 4.79 Å². The van der Waals surface area contributed by atoms with E-state index in [0.29, 0.717) is 17.8 Å². The van der Waals surface area contributed by atoms with Gasteiger partial charge >= 0.3 is 0 Å². The van der Waals surface area contributed by atoms with Crippen LogP contribution in [-0.4, -0.2) is 20.5 Å². The number of rotatable bonds is 5. The molecule has 2 aromatic carbocycles. The largest absolute Gasteiger partial charge is 0.342 e. The lowest BCUT2D eigenvalue weighted by Crippen LogP contribution is -2.28. The van der Waals surface area contributed by atoms with Gasteiger partial charge in [0.15, 0.2) is 11.5 Å². The molecule has 0 saturated carbocycles. The zero-order chi connectivity index (χ0) is 18.6. The van der Waals surface area contributed by atoms with Gasteiger partial charge in [-0.2, -0.15) is 0 Å². The van der Waals surface area contributed by atoms with Crippen LogP contribution in [0, 0.1) is 0 Å². The molecule has 4 aromatic rings. The zero-order valence-corrected chi connectivity index (χ0v) is 15.0. The number of carbonyl (C=O) groups excluding carboxylic acids is 1. The Bertz CT molecular complexity index is 1070. The van der Waals surface area contributed by atoms with Crippen molar-refractivity contribution in [2.45, 2.75) is 19.4 Å². The lowest BCUT2D eigenvalue weighted by Gasteiger charge is -2.15. The van der Waals surface area contributed by atoms with Gasteiger partial charge in [0.25, 0.3) is 5.91 Å². The van der Waals surface area contributed by atoms with E-state index in [1.165, 1.54) is 5.56 Å². The highest BCUT2D eigenvalue weighted by Gasteiger charge is 2.18. The van der Waals surface area contributed by atoms with Crippen molar-refractivity contribution in [3.8, 4) is 0 Å². The molecule has 27 heavy (non-hydrogen) atoms. The highest BCUT2D eigenvalue weighted by molar-refractivity contribution is 5.96. The molecule has 1 N–H and O–H groups in total. The van der Waals surface area contributed by atoms with Crippen LogP contribution in [0.15, 0.2) is 79.0 Å². The van der Waals surface area contributed by atoms with Gasteiger partial charge in [-0.3, -0.25) is 9.20 Å². The van der Waals surface area contributed by atoms with E-state index < -0.39 is 0 Å². The minimum absolute atomic E-state index is 0.110. The smallest absolute Gasteiger partial charge is 0.252 e. The van der Waals surface area contributed by atoms with Crippen molar-refractivity contribution in [2.75, 3.05) is 0 Å². The summed E-state index contributed by atoms with van der Waals surface area (Å²) in [5, 5.41) is 11.4. The standard InChI is InChI=1S/C22H20N4O/c1-16(21-25-24-20-13-7-8-14-26(20)21)23-22(27)19-12-6-5-11-18(19)15-17-9-3-2-4-10-17/h2-14,16H,15H2,1H3,(H,23,27). The van der Waals surface area contributed by atoms with Gasteiger partial charge in [-0.05, 0) is 42.7 Å². The van der Waals surface area contributed by atoms with E-state index in [1.807, 2.05) is 78.2 Å². The third kappa shape index (κ3) is 3.58. The summed E-state index contributed by atoms with van der Waals surface area (Å²) in [6.45, 7) is 1.92. The summed E-state index contributed by atoms with van der Waals surface area (Å²) in [5.74, 6) is 0.598. The van der Waals surface area contributed by atoms with Crippen LogP contribution in [0.2, 0.25) is 0 Å². The molecule has 5 nitrogen and oxygen atoms in total. The Balaban J connectivity index is 1.56. The van der Waals surface area contributed by atoms with E-state index in [-0.39, 0.29) is 11.9 Å². The number of amides is 1. The summed E-state index contributed by atoms with van der Waals surface area (Å²) in [6.07, 6.45) is 2.61. The normalized spacial score (nSPS) is 12.0. The van der Waals surface area contributed by atoms with Crippen LogP contribution in [0.25, 0.3) is 5.65 Å². The van der Waals surface area contributed by atoms with Gasteiger partial charge in [0.2, 0.25) is 0 Å². The molecule has 2 heterocycles. The molecule has 0 aliphatic rings. The van der Waals surface area contributed by atoms with Crippen LogP contribution < -0.4 is 5.32 Å². The fraction of sp³-hybridized carbons (Fsp3) is 0.136. The molecule has 134 valence electrons. The SMILES string of the molecule is CC(NC(=O)c1ccccc1Cc1ccccc1)c1nnc2ccccn12. The van der Waals surface area contributed by atoms with Gasteiger partial charge in [0.1, 0.15) is 0 Å². The number of fused-ring (bicyclic) bond motifs is 1. The van der Waals surface area contributed by atoms with E-state index in [1.54, 1.807) is 0 Å². The van der Waals surface area contributed by atoms with Crippen molar-refractivity contribution >= 4 is 11.6 Å². The lowest BCUT2D eigenvalue weighted by molar-refractivity contribution is 0.0937. The van der Waals surface area contributed by atoms with Gasteiger partial charge < -0.3 is 5.32 Å². The van der Waals surface area contributed by atoms with Crippen molar-refractivity contribution < 1.29 is 4.79 Å². The quantitative estimate of drug-likeness (QED) is 0.591. The first-order valence-corrected chi connectivity index (χ1v) is 8.95. The molecule has 0 spiro atoms. The predicted molar refractivity (Wildman–Crippen MR) is 105 cm³/mol. The topological polar surface area (TPSA) is 59.3 Å². The molecule has 1 atom stereocenters. The summed E-state index contributed by atoms with van der Waals surface area (Å²) in [5.41, 5.74) is 3.62. The second kappa shape index (κ2) is 7.41. The van der Waals surface area contributed by atoms with E-state index in [0.717, 1.165) is 11.2 Å². The number of nitrogens with one attached hydrogen (secondary N) is 1. The van der Waals surface area contributed by atoms with E-state index in [2.05, 4.69) is 27.6 Å². The maximum Gasteiger partial charge on any atom is 0.252 e. The van der Waals surface area contributed by atoms with Crippen molar-refractivity contribution in [1.82, 2.24) is 19.9 Å². The molecule has 5 heteroatoms. The Hall–Kier alpha value is -3.47. The van der Waals surface area contributed by atoms with Gasteiger partial charge in [-0.25, -0.2) is 0 Å². The molecule has 0 bridgehead atoms. The van der Waals surface area contributed by atoms with Crippen molar-refractivity contribution in [2.24, 2.45) is 0 Å². The third-order valence-corrected chi connectivity index (χ3v) is 4.57. The van der Waals surface area contributed by atoms with Gasteiger partial charge in [0.05, 0.1) is 6.04 Å². The Kier molecular flexibility index (Phi) is 4.66. The highest BCUT2D eigenvalue weighted by atomic mass is 16.1. The molecule has 4 rings (SSSR count). The molecule has 0 radical (unpaired) electrons. The number of benzene rings is 2. The molecular weight excluding hydrogens is 336 g/mol. The Morgan fingerprint density at radius 2 is 1.70 bits per heavy atom. The molecule has 0 fully saturated rings. The molecule has 2 aromatic heterocycles. The van der Waals surface area contributed by atoms with Crippen LogP contribution in [-0.2, 0) is 6.42 Å². The molecule has 0 saturated heterocycles. The van der Waals surface area contributed by atoms with Crippen LogP contribution in [0.5, 0.6) is 0 Å². The van der Waals surface area contributed by atoms with Crippen LogP contribution in [0.4, 0.5) is 0 Å². The summed E-state index contributed by atoms with van der Waals surface area (Å²) >= 11 is 0. The maximum atomic E-state index is 12.9. The summed E-state index contributed by atoms with van der Waals surface area (Å²) in [6, 6.07) is 23.3. The second-order valence-electron chi connectivity index (χ2n) is 6.50. The fourth-order valence-electron chi connectivity index (χ4n) is 3.21. The average molecular weight is 356 g/mol. The molecule has 1 amide bonds. The Morgan fingerprint density at radius 3 is 2.56 bits per heavy atom. The highest BCUT2D eigenvalue weighted by Crippen LogP contribution is 2.17. The fourth-order valence-corrected chi connectivity index (χ4v) is 3.21. The first kappa shape index (κ1) is 17.0. The van der Waals surface area contributed by atoms with Gasteiger partial charge in [-0.1, -0.05) is 54.6 Å². The number of carbonyl (C=O) groups is 1. The molecule has 1 unspecified atom stereocenters. The van der Waals surface area contributed by atoms with Crippen molar-refractivity contribution in [3.63, 3.8) is 0 Å². The predicted octanol–water partition coefficient (Wildman–Crippen LogP) is 3.81. The van der Waals surface area contributed by atoms with Crippen LogP contribution in [0.3, 0.4) is 0 Å². The number of hydrogen-bond acceptors (Lipinski definition) is 3. The minimum Gasteiger partial charge on any atom is -0.342 e. The lowest BCUT2D eigenvalue weighted by atomic mass is 9.99. The summed E-state index contributed by atoms with van der Waals surface area (Å²) in [7, 11) is 0. The monoisotopic (exact) mass is 356 g/mol. The van der Waals surface area contributed by atoms with Gasteiger partial charge in [-0.15, -0.1) is 10.2 Å². The third-order valence-electron chi connectivity index (χ3n) is 4.57. The first-order valence-electron chi connectivity index (χ1n) is 8.95. The Morgan fingerprint density at radius 1 is 0.963 bits per heavy atom. The number of nitrogens with zero attached hydrogens (tertiary/aromatic N) is 3.